The van der Waals surface area contributed by atoms with E-state index in [1.54, 1.807) is 19.1 Å². The summed E-state index contributed by atoms with van der Waals surface area (Å²) in [5.41, 5.74) is 0.00767. The number of halogens is 3. The van der Waals surface area contributed by atoms with Gasteiger partial charge in [-0.15, -0.1) is 0 Å². The molecule has 1 amide bonds. The molecule has 2 N–H and O–H groups in total. The van der Waals surface area contributed by atoms with E-state index in [1.165, 1.54) is 19.1 Å². The van der Waals surface area contributed by atoms with Crippen LogP contribution in [0.5, 0.6) is 0 Å². The van der Waals surface area contributed by atoms with E-state index in [-0.39, 0.29) is 25.2 Å². The molecule has 0 fully saturated rings. The van der Waals surface area contributed by atoms with Crippen LogP contribution >= 0.6 is 0 Å². The summed E-state index contributed by atoms with van der Waals surface area (Å²) in [7, 11) is -4.37. The van der Waals surface area contributed by atoms with Gasteiger partial charge in [-0.3, -0.25) is 9.10 Å². The molecule has 0 aliphatic heterocycles. The number of rotatable bonds is 8. The molecule has 0 radical (unpaired) electrons. The van der Waals surface area contributed by atoms with E-state index < -0.39 is 38.7 Å². The van der Waals surface area contributed by atoms with Crippen LogP contribution < -0.4 is 9.62 Å². The topological polar surface area (TPSA) is 86.7 Å². The van der Waals surface area contributed by atoms with Crippen LogP contribution in [0.4, 0.5) is 18.9 Å². The lowest BCUT2D eigenvalue weighted by molar-refractivity contribution is -0.137. The zero-order chi connectivity index (χ0) is 22.5. The molecule has 2 aromatic carbocycles. The number of sulfonamides is 1. The van der Waals surface area contributed by atoms with Crippen LogP contribution in [0.1, 0.15) is 24.5 Å². The molecule has 0 spiro atoms. The highest BCUT2D eigenvalue weighted by molar-refractivity contribution is 7.92. The van der Waals surface area contributed by atoms with Crippen molar-refractivity contribution in [1.29, 1.82) is 0 Å². The van der Waals surface area contributed by atoms with Gasteiger partial charge in [-0.25, -0.2) is 8.42 Å². The van der Waals surface area contributed by atoms with E-state index in [2.05, 4.69) is 5.32 Å². The Labute approximate surface area is 173 Å². The second-order valence-corrected chi connectivity index (χ2v) is 8.70. The van der Waals surface area contributed by atoms with Crippen LogP contribution in [0, 0.1) is 6.92 Å². The van der Waals surface area contributed by atoms with Crippen molar-refractivity contribution in [3.8, 4) is 0 Å². The molecule has 6 nitrogen and oxygen atoms in total. The number of carbonyl (C=O) groups is 1. The summed E-state index contributed by atoms with van der Waals surface area (Å²) in [4.78, 5) is 11.5. The molecule has 2 rings (SSSR count). The van der Waals surface area contributed by atoms with Crippen molar-refractivity contribution in [2.75, 3.05) is 17.4 Å². The standard InChI is InChI=1S/C20H23F3N2O4S/c1-14-6-8-17(9-7-14)25(11-10-19(27)24-13-15(2)26)30(28,29)18-5-3-4-16(12-18)20(21,22)23/h3-9,12,15,26H,10-11,13H2,1-2H3,(H,24,27). The average molecular weight is 444 g/mol. The van der Waals surface area contributed by atoms with Gasteiger partial charge in [0.05, 0.1) is 22.3 Å². The van der Waals surface area contributed by atoms with Crippen LogP contribution in [-0.4, -0.2) is 38.6 Å². The second-order valence-electron chi connectivity index (χ2n) is 6.84. The molecule has 2 aromatic rings. The number of alkyl halides is 3. The predicted molar refractivity (Wildman–Crippen MR) is 106 cm³/mol. The lowest BCUT2D eigenvalue weighted by atomic mass is 10.2. The van der Waals surface area contributed by atoms with Crippen LogP contribution in [0.15, 0.2) is 53.4 Å². The van der Waals surface area contributed by atoms with Gasteiger partial charge in [0, 0.05) is 19.5 Å². The van der Waals surface area contributed by atoms with Gasteiger partial charge in [-0.2, -0.15) is 13.2 Å². The van der Waals surface area contributed by atoms with Crippen LogP contribution in [0.2, 0.25) is 0 Å². The number of aliphatic hydroxyl groups excluding tert-OH is 1. The van der Waals surface area contributed by atoms with Crippen LogP contribution in [0.25, 0.3) is 0 Å². The first-order chi connectivity index (χ1) is 13.9. The third-order valence-corrected chi connectivity index (χ3v) is 6.03. The van der Waals surface area contributed by atoms with Crippen molar-refractivity contribution < 1.29 is 31.5 Å². The highest BCUT2D eigenvalue weighted by Gasteiger charge is 2.33. The Morgan fingerprint density at radius 1 is 1.17 bits per heavy atom. The van der Waals surface area contributed by atoms with Gasteiger partial charge >= 0.3 is 6.18 Å². The first-order valence-corrected chi connectivity index (χ1v) is 10.6. The van der Waals surface area contributed by atoms with Crippen molar-refractivity contribution >= 4 is 21.6 Å². The molecule has 0 aromatic heterocycles. The van der Waals surface area contributed by atoms with Crippen LogP contribution in [-0.2, 0) is 21.0 Å². The quantitative estimate of drug-likeness (QED) is 0.655. The molecule has 0 saturated heterocycles. The molecule has 0 aliphatic carbocycles. The fourth-order valence-electron chi connectivity index (χ4n) is 2.61. The van der Waals surface area contributed by atoms with E-state index in [4.69, 9.17) is 0 Å². The number of amides is 1. The normalized spacial score (nSPS) is 13.0. The minimum atomic E-state index is -4.69. The molecular weight excluding hydrogens is 421 g/mol. The Morgan fingerprint density at radius 2 is 1.80 bits per heavy atom. The number of hydrogen-bond acceptors (Lipinski definition) is 4. The zero-order valence-electron chi connectivity index (χ0n) is 16.5. The van der Waals surface area contributed by atoms with Gasteiger partial charge in [-0.1, -0.05) is 23.8 Å². The molecule has 0 bridgehead atoms. The molecule has 30 heavy (non-hydrogen) atoms. The SMILES string of the molecule is Cc1ccc(N(CCC(=O)NCC(C)O)S(=O)(=O)c2cccc(C(F)(F)F)c2)cc1. The lowest BCUT2D eigenvalue weighted by Gasteiger charge is -2.25. The summed E-state index contributed by atoms with van der Waals surface area (Å²) in [5.74, 6) is -0.493. The van der Waals surface area contributed by atoms with Gasteiger partial charge in [0.1, 0.15) is 0 Å². The van der Waals surface area contributed by atoms with Gasteiger partial charge in [-0.05, 0) is 44.2 Å². The van der Waals surface area contributed by atoms with Gasteiger partial charge in [0.2, 0.25) is 5.91 Å². The number of carbonyl (C=O) groups excluding carboxylic acids is 1. The molecule has 1 atom stereocenters. The number of hydrogen-bond donors (Lipinski definition) is 2. The summed E-state index contributed by atoms with van der Waals surface area (Å²) in [6.07, 6.45) is -5.70. The minimum absolute atomic E-state index is 0.00371. The number of anilines is 1. The van der Waals surface area contributed by atoms with Crippen LogP contribution in [0.3, 0.4) is 0 Å². The summed E-state index contributed by atoms with van der Waals surface area (Å²) < 4.78 is 66.4. The second kappa shape index (κ2) is 9.48. The molecule has 0 aliphatic rings. The molecule has 1 unspecified atom stereocenters. The summed E-state index contributed by atoms with van der Waals surface area (Å²) in [5, 5.41) is 11.7. The number of benzene rings is 2. The van der Waals surface area contributed by atoms with E-state index in [9.17, 15) is 31.5 Å². The van der Waals surface area contributed by atoms with E-state index >= 15 is 0 Å². The number of aryl methyl sites for hydroxylation is 1. The van der Waals surface area contributed by atoms with E-state index in [0.29, 0.717) is 6.07 Å². The Hall–Kier alpha value is -2.59. The van der Waals surface area contributed by atoms with Gasteiger partial charge in [0.15, 0.2) is 0 Å². The fraction of sp³-hybridized carbons (Fsp3) is 0.350. The maximum Gasteiger partial charge on any atom is 0.416 e. The summed E-state index contributed by atoms with van der Waals surface area (Å²) in [6.45, 7) is 3.01. The van der Waals surface area contributed by atoms with Crippen molar-refractivity contribution in [3.63, 3.8) is 0 Å². The third kappa shape index (κ3) is 6.20. The Bertz CT molecular complexity index is 974. The monoisotopic (exact) mass is 444 g/mol. The molecule has 0 saturated carbocycles. The highest BCUT2D eigenvalue weighted by atomic mass is 32.2. The fourth-order valence-corrected chi connectivity index (χ4v) is 4.12. The maximum atomic E-state index is 13.2. The van der Waals surface area contributed by atoms with Gasteiger partial charge in [0.25, 0.3) is 10.0 Å². The Kier molecular flexibility index (Phi) is 7.49. The van der Waals surface area contributed by atoms with E-state index in [0.717, 1.165) is 28.1 Å². The first-order valence-electron chi connectivity index (χ1n) is 9.12. The van der Waals surface area contributed by atoms with Crippen molar-refractivity contribution in [3.05, 3.63) is 59.7 Å². The third-order valence-electron chi connectivity index (χ3n) is 4.21. The first kappa shape index (κ1) is 23.7. The predicted octanol–water partition coefficient (Wildman–Crippen LogP) is 3.10. The summed E-state index contributed by atoms with van der Waals surface area (Å²) >= 11 is 0. The van der Waals surface area contributed by atoms with Crippen molar-refractivity contribution in [1.82, 2.24) is 5.32 Å². The van der Waals surface area contributed by atoms with E-state index in [1.807, 2.05) is 0 Å². The number of nitrogens with one attached hydrogen (secondary N) is 1. The smallest absolute Gasteiger partial charge is 0.392 e. The molecule has 164 valence electrons. The largest absolute Gasteiger partial charge is 0.416 e. The molecule has 0 heterocycles. The average Bonchev–Trinajstić information content (AvgIpc) is 2.67. The van der Waals surface area contributed by atoms with Crippen molar-refractivity contribution in [2.45, 2.75) is 37.4 Å². The molecular formula is C20H23F3N2O4S. The summed E-state index contributed by atoms with van der Waals surface area (Å²) in [6, 6.07) is 9.85. The Morgan fingerprint density at radius 3 is 2.37 bits per heavy atom. The lowest BCUT2D eigenvalue weighted by Crippen LogP contribution is -2.37. The minimum Gasteiger partial charge on any atom is -0.392 e. The number of nitrogens with zero attached hydrogens (tertiary/aromatic N) is 1. The van der Waals surface area contributed by atoms with Gasteiger partial charge < -0.3 is 10.4 Å². The molecule has 10 heteroatoms. The number of aliphatic hydroxyl groups is 1. The maximum absolute atomic E-state index is 13.2. The van der Waals surface area contributed by atoms with Crippen molar-refractivity contribution in [2.24, 2.45) is 0 Å². The Balaban J connectivity index is 2.38. The highest BCUT2D eigenvalue weighted by Crippen LogP contribution is 2.32. The zero-order valence-corrected chi connectivity index (χ0v) is 17.3.